The molecule has 0 bridgehead atoms. The predicted molar refractivity (Wildman–Crippen MR) is 85.0 cm³/mol. The van der Waals surface area contributed by atoms with E-state index in [0.29, 0.717) is 23.3 Å². The fourth-order valence-electron chi connectivity index (χ4n) is 2.37. The zero-order valence-corrected chi connectivity index (χ0v) is 12.9. The van der Waals surface area contributed by atoms with E-state index in [1.807, 2.05) is 30.3 Å². The van der Waals surface area contributed by atoms with E-state index < -0.39 is 0 Å². The lowest BCUT2D eigenvalue weighted by Crippen LogP contribution is -2.15. The molecule has 7 heteroatoms. The molecule has 0 atom stereocenters. The van der Waals surface area contributed by atoms with Crippen LogP contribution in [0.4, 0.5) is 5.69 Å². The third-order valence-electron chi connectivity index (χ3n) is 3.78. The number of nitrogens with one attached hydrogen (secondary N) is 1. The molecule has 1 amide bonds. The van der Waals surface area contributed by atoms with Gasteiger partial charge >= 0.3 is 0 Å². The van der Waals surface area contributed by atoms with Crippen molar-refractivity contribution in [2.75, 3.05) is 5.32 Å². The molecule has 0 unspecified atom stereocenters. The number of hydrogen-bond donors (Lipinski definition) is 1. The Hall–Kier alpha value is -2.96. The molecule has 2 aromatic heterocycles. The number of carbonyl (C=O) groups is 1. The van der Waals surface area contributed by atoms with E-state index in [-0.39, 0.29) is 18.2 Å². The highest BCUT2D eigenvalue weighted by Crippen LogP contribution is 2.32. The summed E-state index contributed by atoms with van der Waals surface area (Å²) >= 11 is 0. The first-order valence-corrected chi connectivity index (χ1v) is 7.88. The summed E-state index contributed by atoms with van der Waals surface area (Å²) in [6, 6.07) is 9.22. The van der Waals surface area contributed by atoms with Gasteiger partial charge in [-0.15, -0.1) is 0 Å². The van der Waals surface area contributed by atoms with Crippen LogP contribution in [0.2, 0.25) is 0 Å². The Balaban J connectivity index is 1.39. The minimum Gasteiger partial charge on any atom is -0.448 e. The van der Waals surface area contributed by atoms with Gasteiger partial charge in [0.25, 0.3) is 5.89 Å². The van der Waals surface area contributed by atoms with Gasteiger partial charge in [-0.3, -0.25) is 4.79 Å². The first-order chi connectivity index (χ1) is 11.8. The molecule has 7 nitrogen and oxygen atoms in total. The third kappa shape index (κ3) is 3.51. The van der Waals surface area contributed by atoms with Crippen molar-refractivity contribution in [3.63, 3.8) is 0 Å². The summed E-state index contributed by atoms with van der Waals surface area (Å²) in [7, 11) is 0. The summed E-state index contributed by atoms with van der Waals surface area (Å²) < 4.78 is 10.6. The van der Waals surface area contributed by atoms with Crippen molar-refractivity contribution in [2.24, 2.45) is 5.92 Å². The lowest BCUT2D eigenvalue weighted by atomic mass is 10.3. The summed E-state index contributed by atoms with van der Waals surface area (Å²) in [6.45, 7) is 0. The molecule has 1 aliphatic rings. The SMILES string of the molecule is O=C(Cc1noc(-c2coc(CC3CC3)n2)n1)Nc1ccccc1. The van der Waals surface area contributed by atoms with Gasteiger partial charge in [0, 0.05) is 12.1 Å². The number of benzene rings is 1. The lowest BCUT2D eigenvalue weighted by Gasteiger charge is -2.01. The van der Waals surface area contributed by atoms with Crippen LogP contribution in [0.1, 0.15) is 24.6 Å². The van der Waals surface area contributed by atoms with Gasteiger partial charge in [-0.1, -0.05) is 23.4 Å². The second kappa shape index (κ2) is 6.27. The van der Waals surface area contributed by atoms with Crippen LogP contribution in [-0.2, 0) is 17.6 Å². The number of aromatic nitrogens is 3. The van der Waals surface area contributed by atoms with Crippen LogP contribution in [0.3, 0.4) is 0 Å². The molecular formula is C17H16N4O3. The monoisotopic (exact) mass is 324 g/mol. The minimum absolute atomic E-state index is 0.0329. The second-order valence-electron chi connectivity index (χ2n) is 5.88. The molecule has 1 N–H and O–H groups in total. The average Bonchev–Trinajstić information content (AvgIpc) is 3.07. The van der Waals surface area contributed by atoms with Gasteiger partial charge in [-0.25, -0.2) is 4.98 Å². The van der Waals surface area contributed by atoms with E-state index in [9.17, 15) is 4.79 Å². The Bertz CT molecular complexity index is 836. The Morgan fingerprint density at radius 1 is 1.21 bits per heavy atom. The molecule has 0 saturated heterocycles. The number of amides is 1. The zero-order chi connectivity index (χ0) is 16.4. The molecule has 0 radical (unpaired) electrons. The summed E-state index contributed by atoms with van der Waals surface area (Å²) in [5, 5.41) is 6.61. The molecule has 1 aromatic carbocycles. The molecule has 1 fully saturated rings. The van der Waals surface area contributed by atoms with Gasteiger partial charge in [-0.2, -0.15) is 4.98 Å². The van der Waals surface area contributed by atoms with E-state index >= 15 is 0 Å². The Morgan fingerprint density at radius 3 is 2.83 bits per heavy atom. The van der Waals surface area contributed by atoms with Crippen LogP contribution >= 0.6 is 0 Å². The van der Waals surface area contributed by atoms with Gasteiger partial charge < -0.3 is 14.3 Å². The maximum Gasteiger partial charge on any atom is 0.279 e. The van der Waals surface area contributed by atoms with Crippen LogP contribution < -0.4 is 5.32 Å². The second-order valence-corrected chi connectivity index (χ2v) is 5.88. The molecule has 2 heterocycles. The molecular weight excluding hydrogens is 308 g/mol. The van der Waals surface area contributed by atoms with E-state index in [1.54, 1.807) is 0 Å². The normalized spacial score (nSPS) is 13.8. The Kier molecular flexibility index (Phi) is 3.82. The van der Waals surface area contributed by atoms with Crippen LogP contribution in [0.25, 0.3) is 11.6 Å². The van der Waals surface area contributed by atoms with Crippen molar-refractivity contribution >= 4 is 11.6 Å². The molecule has 0 spiro atoms. The van der Waals surface area contributed by atoms with Crippen molar-refractivity contribution in [1.82, 2.24) is 15.1 Å². The van der Waals surface area contributed by atoms with E-state index in [0.717, 1.165) is 12.1 Å². The van der Waals surface area contributed by atoms with Crippen molar-refractivity contribution in [3.8, 4) is 11.6 Å². The summed E-state index contributed by atoms with van der Waals surface area (Å²) in [5.74, 6) is 1.75. The topological polar surface area (TPSA) is 94.0 Å². The first kappa shape index (κ1) is 14.6. The molecule has 4 rings (SSSR count). The van der Waals surface area contributed by atoms with Gasteiger partial charge in [0.05, 0.1) is 6.42 Å². The zero-order valence-electron chi connectivity index (χ0n) is 12.9. The number of oxazole rings is 1. The van der Waals surface area contributed by atoms with E-state index in [1.165, 1.54) is 19.1 Å². The van der Waals surface area contributed by atoms with Gasteiger partial charge in [0.2, 0.25) is 5.91 Å². The highest BCUT2D eigenvalue weighted by atomic mass is 16.5. The highest BCUT2D eigenvalue weighted by Gasteiger charge is 2.24. The molecule has 1 saturated carbocycles. The molecule has 1 aliphatic carbocycles. The number of hydrogen-bond acceptors (Lipinski definition) is 6. The van der Waals surface area contributed by atoms with Gasteiger partial charge in [0.15, 0.2) is 17.4 Å². The fraction of sp³-hybridized carbons (Fsp3) is 0.294. The maximum atomic E-state index is 12.0. The van der Waals surface area contributed by atoms with Gasteiger partial charge in [-0.05, 0) is 30.9 Å². The van der Waals surface area contributed by atoms with Crippen molar-refractivity contribution < 1.29 is 13.7 Å². The van der Waals surface area contributed by atoms with Gasteiger partial charge in [0.1, 0.15) is 6.26 Å². The number of para-hydroxylation sites is 1. The quantitative estimate of drug-likeness (QED) is 0.749. The smallest absolute Gasteiger partial charge is 0.279 e. The number of anilines is 1. The maximum absolute atomic E-state index is 12.0. The lowest BCUT2D eigenvalue weighted by molar-refractivity contribution is -0.115. The van der Waals surface area contributed by atoms with Crippen LogP contribution in [0, 0.1) is 5.92 Å². The third-order valence-corrected chi connectivity index (χ3v) is 3.78. The van der Waals surface area contributed by atoms with Crippen molar-refractivity contribution in [3.05, 3.63) is 48.3 Å². The number of nitrogens with zero attached hydrogens (tertiary/aromatic N) is 3. The summed E-state index contributed by atoms with van der Waals surface area (Å²) in [6.07, 6.45) is 4.86. The Morgan fingerprint density at radius 2 is 2.04 bits per heavy atom. The molecule has 24 heavy (non-hydrogen) atoms. The number of rotatable bonds is 6. The fourth-order valence-corrected chi connectivity index (χ4v) is 2.37. The Labute approximate surface area is 138 Å². The van der Waals surface area contributed by atoms with Crippen molar-refractivity contribution in [1.29, 1.82) is 0 Å². The molecule has 0 aliphatic heterocycles. The minimum atomic E-state index is -0.205. The standard InChI is InChI=1S/C17H16N4O3/c22-15(18-12-4-2-1-3-5-12)9-14-20-17(24-21-14)13-10-23-16(19-13)8-11-6-7-11/h1-5,10-11H,6-9H2,(H,18,22). The van der Waals surface area contributed by atoms with E-state index in [2.05, 4.69) is 20.4 Å². The molecule has 3 aromatic rings. The van der Waals surface area contributed by atoms with E-state index in [4.69, 9.17) is 8.94 Å². The number of carbonyl (C=O) groups excluding carboxylic acids is 1. The highest BCUT2D eigenvalue weighted by molar-refractivity contribution is 5.91. The average molecular weight is 324 g/mol. The van der Waals surface area contributed by atoms with Crippen molar-refractivity contribution in [2.45, 2.75) is 25.7 Å². The summed E-state index contributed by atoms with van der Waals surface area (Å²) in [4.78, 5) is 20.6. The van der Waals surface area contributed by atoms with Crippen LogP contribution in [0.15, 0.2) is 45.5 Å². The first-order valence-electron chi connectivity index (χ1n) is 7.88. The van der Waals surface area contributed by atoms with Crippen LogP contribution in [-0.4, -0.2) is 21.0 Å². The molecule has 122 valence electrons. The van der Waals surface area contributed by atoms with Crippen LogP contribution in [0.5, 0.6) is 0 Å². The summed E-state index contributed by atoms with van der Waals surface area (Å²) in [5.41, 5.74) is 1.24. The largest absolute Gasteiger partial charge is 0.448 e. The predicted octanol–water partition coefficient (Wildman–Crippen LogP) is 2.86.